The first-order valence-corrected chi connectivity index (χ1v) is 12.0. The van der Waals surface area contributed by atoms with Crippen molar-refractivity contribution < 1.29 is 28.5 Å². The molecule has 35 heavy (non-hydrogen) atoms. The van der Waals surface area contributed by atoms with Gasteiger partial charge in [-0.05, 0) is 62.1 Å². The van der Waals surface area contributed by atoms with E-state index in [-0.39, 0.29) is 31.1 Å². The number of nitrogens with zero attached hydrogens (tertiary/aromatic N) is 2. The highest BCUT2D eigenvalue weighted by atomic mass is 35.5. The maximum atomic E-state index is 13.4. The molecule has 5 rings (SSSR count). The highest BCUT2D eigenvalue weighted by Crippen LogP contribution is 2.36. The van der Waals surface area contributed by atoms with E-state index in [9.17, 15) is 4.79 Å². The van der Waals surface area contributed by atoms with Gasteiger partial charge in [-0.1, -0.05) is 0 Å². The van der Waals surface area contributed by atoms with Crippen LogP contribution in [0.2, 0.25) is 0 Å². The third-order valence-corrected chi connectivity index (χ3v) is 6.88. The summed E-state index contributed by atoms with van der Waals surface area (Å²) in [4.78, 5) is 17.9. The highest BCUT2D eigenvalue weighted by molar-refractivity contribution is 5.97. The van der Waals surface area contributed by atoms with Crippen LogP contribution >= 0.6 is 12.4 Å². The van der Waals surface area contributed by atoms with Crippen LogP contribution in [0.25, 0.3) is 0 Å². The number of halogens is 1. The molecule has 9 heteroatoms. The van der Waals surface area contributed by atoms with E-state index in [1.807, 2.05) is 30.3 Å². The first kappa shape index (κ1) is 25.3. The van der Waals surface area contributed by atoms with Gasteiger partial charge < -0.3 is 33.5 Å². The van der Waals surface area contributed by atoms with Gasteiger partial charge in [-0.15, -0.1) is 12.4 Å². The summed E-state index contributed by atoms with van der Waals surface area (Å²) in [6, 6.07) is 9.68. The Kier molecular flexibility index (Phi) is 8.13. The minimum Gasteiger partial charge on any atom is -0.493 e. The van der Waals surface area contributed by atoms with Crippen molar-refractivity contribution in [1.82, 2.24) is 9.80 Å². The van der Waals surface area contributed by atoms with Crippen LogP contribution in [0.15, 0.2) is 30.3 Å². The Labute approximate surface area is 212 Å². The number of piperidine rings is 1. The van der Waals surface area contributed by atoms with Gasteiger partial charge in [0.2, 0.25) is 6.79 Å². The molecule has 0 spiro atoms. The number of amides is 1. The zero-order valence-corrected chi connectivity index (χ0v) is 21.1. The SMILES string of the molecule is COc1cc2c(cc1OC)C(=O)N([C@@H]1CCCN(CCCOc3ccc4c(c3)OCO4)C1)CC2.Cl. The van der Waals surface area contributed by atoms with Gasteiger partial charge in [-0.2, -0.15) is 0 Å². The fourth-order valence-corrected chi connectivity index (χ4v) is 5.11. The molecule has 1 atom stereocenters. The first-order chi connectivity index (χ1) is 16.7. The van der Waals surface area contributed by atoms with Crippen molar-refractivity contribution in [3.05, 3.63) is 41.5 Å². The topological polar surface area (TPSA) is 69.7 Å². The number of carbonyl (C=O) groups is 1. The fraction of sp³-hybridized carbons (Fsp3) is 0.500. The van der Waals surface area contributed by atoms with Gasteiger partial charge in [0.25, 0.3) is 5.91 Å². The van der Waals surface area contributed by atoms with E-state index in [4.69, 9.17) is 23.7 Å². The molecular weight excluding hydrogens is 472 g/mol. The molecule has 0 N–H and O–H groups in total. The number of hydrogen-bond donors (Lipinski definition) is 0. The molecule has 0 unspecified atom stereocenters. The molecule has 0 bridgehead atoms. The Morgan fingerprint density at radius 1 is 1.03 bits per heavy atom. The van der Waals surface area contributed by atoms with Crippen LogP contribution in [0, 0.1) is 0 Å². The van der Waals surface area contributed by atoms with E-state index in [0.29, 0.717) is 18.1 Å². The van der Waals surface area contributed by atoms with Gasteiger partial charge in [0, 0.05) is 37.3 Å². The van der Waals surface area contributed by atoms with Crippen LogP contribution < -0.4 is 23.7 Å². The van der Waals surface area contributed by atoms with Crippen LogP contribution in [0.1, 0.15) is 35.2 Å². The van der Waals surface area contributed by atoms with Crippen molar-refractivity contribution in [2.75, 3.05) is 53.8 Å². The summed E-state index contributed by atoms with van der Waals surface area (Å²) < 4.78 is 27.5. The lowest BCUT2D eigenvalue weighted by atomic mass is 9.94. The maximum absolute atomic E-state index is 13.4. The van der Waals surface area contributed by atoms with Gasteiger partial charge in [0.1, 0.15) is 5.75 Å². The molecule has 8 nitrogen and oxygen atoms in total. The van der Waals surface area contributed by atoms with E-state index in [1.54, 1.807) is 14.2 Å². The predicted molar refractivity (Wildman–Crippen MR) is 134 cm³/mol. The second-order valence-electron chi connectivity index (χ2n) is 8.93. The fourth-order valence-electron chi connectivity index (χ4n) is 5.11. The van der Waals surface area contributed by atoms with Crippen LogP contribution in [0.3, 0.4) is 0 Å². The molecule has 1 amide bonds. The Morgan fingerprint density at radius 2 is 1.83 bits per heavy atom. The highest BCUT2D eigenvalue weighted by Gasteiger charge is 2.33. The van der Waals surface area contributed by atoms with Gasteiger partial charge in [0.15, 0.2) is 23.0 Å². The van der Waals surface area contributed by atoms with Crippen molar-refractivity contribution in [2.45, 2.75) is 31.7 Å². The molecule has 3 aliphatic heterocycles. The number of ether oxygens (including phenoxy) is 5. The van der Waals surface area contributed by atoms with E-state index in [1.165, 1.54) is 0 Å². The minimum absolute atomic E-state index is 0. The lowest BCUT2D eigenvalue weighted by Gasteiger charge is -2.41. The molecule has 2 aromatic rings. The lowest BCUT2D eigenvalue weighted by molar-refractivity contribution is 0.0517. The third kappa shape index (κ3) is 5.38. The van der Waals surface area contributed by atoms with Crippen molar-refractivity contribution in [2.24, 2.45) is 0 Å². The molecule has 0 radical (unpaired) electrons. The second kappa shape index (κ2) is 11.3. The Hall–Kier alpha value is -2.84. The first-order valence-electron chi connectivity index (χ1n) is 12.0. The second-order valence-corrected chi connectivity index (χ2v) is 8.93. The molecule has 190 valence electrons. The summed E-state index contributed by atoms with van der Waals surface area (Å²) >= 11 is 0. The molecule has 0 aromatic heterocycles. The molecule has 0 saturated carbocycles. The van der Waals surface area contributed by atoms with Gasteiger partial charge in [0.05, 0.1) is 20.8 Å². The Morgan fingerprint density at radius 3 is 2.66 bits per heavy atom. The quantitative estimate of drug-likeness (QED) is 0.507. The summed E-state index contributed by atoms with van der Waals surface area (Å²) in [6.07, 6.45) is 3.89. The van der Waals surface area contributed by atoms with Crippen molar-refractivity contribution in [3.8, 4) is 28.7 Å². The minimum atomic E-state index is 0. The molecule has 0 aliphatic carbocycles. The summed E-state index contributed by atoms with van der Waals surface area (Å²) in [5.41, 5.74) is 1.77. The van der Waals surface area contributed by atoms with Crippen LogP contribution in [0.4, 0.5) is 0 Å². The Balaban J connectivity index is 0.00000289. The van der Waals surface area contributed by atoms with E-state index < -0.39 is 0 Å². The van der Waals surface area contributed by atoms with E-state index in [0.717, 1.165) is 80.2 Å². The van der Waals surface area contributed by atoms with Crippen molar-refractivity contribution >= 4 is 18.3 Å². The summed E-state index contributed by atoms with van der Waals surface area (Å²) in [7, 11) is 3.22. The number of hydrogen-bond acceptors (Lipinski definition) is 7. The monoisotopic (exact) mass is 504 g/mol. The number of methoxy groups -OCH3 is 2. The maximum Gasteiger partial charge on any atom is 0.254 e. The van der Waals surface area contributed by atoms with Crippen molar-refractivity contribution in [1.29, 1.82) is 0 Å². The van der Waals surface area contributed by atoms with E-state index >= 15 is 0 Å². The third-order valence-electron chi connectivity index (χ3n) is 6.88. The van der Waals surface area contributed by atoms with Crippen LogP contribution in [-0.2, 0) is 6.42 Å². The van der Waals surface area contributed by atoms with Gasteiger partial charge in [-0.25, -0.2) is 0 Å². The molecule has 3 heterocycles. The average molecular weight is 505 g/mol. The smallest absolute Gasteiger partial charge is 0.254 e. The summed E-state index contributed by atoms with van der Waals surface area (Å²) in [6.45, 7) is 4.56. The number of carbonyl (C=O) groups excluding carboxylic acids is 1. The number of likely N-dealkylation sites (tertiary alicyclic amines) is 1. The van der Waals surface area contributed by atoms with Crippen LogP contribution in [0.5, 0.6) is 28.7 Å². The normalized spacial score (nSPS) is 19.1. The lowest BCUT2D eigenvalue weighted by Crippen LogP contribution is -2.52. The molecule has 1 fully saturated rings. The molecule has 3 aliphatic rings. The summed E-state index contributed by atoms with van der Waals surface area (Å²) in [5.74, 6) is 3.67. The average Bonchev–Trinajstić information content (AvgIpc) is 3.34. The number of fused-ring (bicyclic) bond motifs is 2. The molecule has 1 saturated heterocycles. The number of rotatable bonds is 8. The Bertz CT molecular complexity index is 1050. The van der Waals surface area contributed by atoms with Gasteiger partial charge >= 0.3 is 0 Å². The van der Waals surface area contributed by atoms with Crippen molar-refractivity contribution in [3.63, 3.8) is 0 Å². The molecule has 2 aromatic carbocycles. The molecular formula is C26H33ClN2O6. The van der Waals surface area contributed by atoms with Gasteiger partial charge in [-0.3, -0.25) is 4.79 Å². The predicted octanol–water partition coefficient (Wildman–Crippen LogP) is 3.79. The largest absolute Gasteiger partial charge is 0.493 e. The zero-order valence-electron chi connectivity index (χ0n) is 20.3. The summed E-state index contributed by atoms with van der Waals surface area (Å²) in [5, 5.41) is 0. The standard InChI is InChI=1S/C26H32N2O6.ClH/c1-30-23-13-18-8-11-28(26(29)21(18)15-24(23)31-2)19-5-3-9-27(16-19)10-4-12-32-20-6-7-22-25(14-20)34-17-33-22;/h6-7,13-15,19H,3-5,8-12,16-17H2,1-2H3;1H/t19-;/m1./s1. The number of benzene rings is 2. The van der Waals surface area contributed by atoms with Crippen LogP contribution in [-0.4, -0.2) is 75.5 Å². The zero-order chi connectivity index (χ0) is 23.5. The van der Waals surface area contributed by atoms with E-state index in [2.05, 4.69) is 9.80 Å².